The van der Waals surface area contributed by atoms with Gasteiger partial charge in [0.05, 0.1) is 16.2 Å². The Kier molecular flexibility index (Phi) is 4.67. The molecule has 0 fully saturated rings. The van der Waals surface area contributed by atoms with E-state index in [4.69, 9.17) is 0 Å². The first-order valence-electron chi connectivity index (χ1n) is 7.27. The lowest BCUT2D eigenvalue weighted by atomic mass is 10.1. The molecule has 1 heterocycles. The van der Waals surface area contributed by atoms with Crippen molar-refractivity contribution in [1.29, 1.82) is 0 Å². The molecule has 0 aliphatic carbocycles. The Morgan fingerprint density at radius 1 is 1.08 bits per heavy atom. The fraction of sp³-hybridized carbons (Fsp3) is 0. The number of thiazole rings is 1. The molecule has 0 saturated heterocycles. The molecule has 1 aromatic heterocycles. The number of benzene rings is 2. The molecule has 0 radical (unpaired) electrons. The van der Waals surface area contributed by atoms with Gasteiger partial charge in [0, 0.05) is 11.6 Å². The summed E-state index contributed by atoms with van der Waals surface area (Å²) in [7, 11) is 0. The smallest absolute Gasteiger partial charge is 0.348 e. The summed E-state index contributed by atoms with van der Waals surface area (Å²) in [5.74, 6) is -1.05. The van der Waals surface area contributed by atoms with Gasteiger partial charge in [-0.2, -0.15) is 0 Å². The Morgan fingerprint density at radius 3 is 2.44 bits per heavy atom. The van der Waals surface area contributed by atoms with E-state index in [-0.39, 0.29) is 10.6 Å². The lowest BCUT2D eigenvalue weighted by Gasteiger charge is -1.97. The van der Waals surface area contributed by atoms with Crippen molar-refractivity contribution in [3.8, 4) is 11.3 Å². The van der Waals surface area contributed by atoms with E-state index in [9.17, 15) is 20.0 Å². The van der Waals surface area contributed by atoms with Crippen molar-refractivity contribution < 1.29 is 14.8 Å². The standard InChI is InChI=1S/C18H12N2O4S/c21-18(22)17-16(13-7-2-1-3-8-13)19-15(25-17)11-10-12-6-4-5-9-14(12)20(23)24/h1-11H,(H,21,22)/b11-10+. The zero-order valence-electron chi connectivity index (χ0n) is 12.8. The van der Waals surface area contributed by atoms with Gasteiger partial charge >= 0.3 is 5.97 Å². The molecule has 0 aliphatic rings. The van der Waals surface area contributed by atoms with Crippen LogP contribution in [0.5, 0.6) is 0 Å². The molecule has 0 atom stereocenters. The Hall–Kier alpha value is -3.32. The van der Waals surface area contributed by atoms with Crippen LogP contribution in [-0.4, -0.2) is 21.0 Å². The molecule has 0 bridgehead atoms. The van der Waals surface area contributed by atoms with Crippen LogP contribution in [0.15, 0.2) is 54.6 Å². The van der Waals surface area contributed by atoms with Crippen molar-refractivity contribution in [2.24, 2.45) is 0 Å². The van der Waals surface area contributed by atoms with Crippen LogP contribution in [0.25, 0.3) is 23.4 Å². The Labute approximate surface area is 146 Å². The van der Waals surface area contributed by atoms with Crippen LogP contribution in [0.3, 0.4) is 0 Å². The number of nitrogens with zero attached hydrogens (tertiary/aromatic N) is 2. The van der Waals surface area contributed by atoms with E-state index in [1.807, 2.05) is 18.2 Å². The first-order chi connectivity index (χ1) is 12.1. The lowest BCUT2D eigenvalue weighted by Crippen LogP contribution is -1.95. The first-order valence-corrected chi connectivity index (χ1v) is 8.09. The molecule has 0 unspecified atom stereocenters. The van der Waals surface area contributed by atoms with Gasteiger partial charge in [-0.1, -0.05) is 42.5 Å². The zero-order valence-corrected chi connectivity index (χ0v) is 13.6. The van der Waals surface area contributed by atoms with E-state index in [0.717, 1.165) is 11.3 Å². The molecular weight excluding hydrogens is 340 g/mol. The number of para-hydroxylation sites is 1. The minimum atomic E-state index is -1.05. The molecule has 7 heteroatoms. The summed E-state index contributed by atoms with van der Waals surface area (Å²) < 4.78 is 0. The van der Waals surface area contributed by atoms with Crippen LogP contribution >= 0.6 is 11.3 Å². The number of nitro groups is 1. The highest BCUT2D eigenvalue weighted by Crippen LogP contribution is 2.30. The second-order valence-electron chi connectivity index (χ2n) is 5.05. The van der Waals surface area contributed by atoms with E-state index < -0.39 is 10.9 Å². The predicted octanol–water partition coefficient (Wildman–Crippen LogP) is 4.59. The minimum absolute atomic E-state index is 0.0166. The predicted molar refractivity (Wildman–Crippen MR) is 96.5 cm³/mol. The van der Waals surface area contributed by atoms with Crippen molar-refractivity contribution in [1.82, 2.24) is 4.98 Å². The van der Waals surface area contributed by atoms with Crippen LogP contribution < -0.4 is 0 Å². The molecule has 6 nitrogen and oxygen atoms in total. The quantitative estimate of drug-likeness (QED) is 0.535. The van der Waals surface area contributed by atoms with Gasteiger partial charge in [-0.25, -0.2) is 9.78 Å². The van der Waals surface area contributed by atoms with E-state index >= 15 is 0 Å². The fourth-order valence-corrected chi connectivity index (χ4v) is 3.13. The van der Waals surface area contributed by atoms with Crippen LogP contribution in [-0.2, 0) is 0 Å². The van der Waals surface area contributed by atoms with E-state index in [1.165, 1.54) is 6.07 Å². The maximum absolute atomic E-state index is 11.5. The highest BCUT2D eigenvalue weighted by Gasteiger charge is 2.18. The molecule has 3 rings (SSSR count). The molecule has 1 N–H and O–H groups in total. The van der Waals surface area contributed by atoms with Crippen LogP contribution in [0.4, 0.5) is 5.69 Å². The molecule has 3 aromatic rings. The average Bonchev–Trinajstić information content (AvgIpc) is 3.05. The SMILES string of the molecule is O=C(O)c1sc(/C=C/c2ccccc2[N+](=O)[O-])nc1-c1ccccc1. The summed E-state index contributed by atoms with van der Waals surface area (Å²) in [4.78, 5) is 26.6. The van der Waals surface area contributed by atoms with Crippen molar-refractivity contribution in [3.63, 3.8) is 0 Å². The van der Waals surface area contributed by atoms with E-state index in [2.05, 4.69) is 4.98 Å². The number of rotatable bonds is 5. The number of carboxylic acids is 1. The number of nitro benzene ring substituents is 1. The zero-order chi connectivity index (χ0) is 17.8. The maximum atomic E-state index is 11.5. The third-order valence-electron chi connectivity index (χ3n) is 3.42. The van der Waals surface area contributed by atoms with Crippen molar-refractivity contribution in [3.05, 3.63) is 80.2 Å². The first kappa shape index (κ1) is 16.5. The third-order valence-corrected chi connectivity index (χ3v) is 4.43. The fourth-order valence-electron chi connectivity index (χ4n) is 2.30. The Morgan fingerprint density at radius 2 is 1.76 bits per heavy atom. The number of hydrogen-bond acceptors (Lipinski definition) is 5. The maximum Gasteiger partial charge on any atom is 0.348 e. The van der Waals surface area contributed by atoms with Gasteiger partial charge in [0.15, 0.2) is 0 Å². The highest BCUT2D eigenvalue weighted by atomic mass is 32.1. The average molecular weight is 352 g/mol. The van der Waals surface area contributed by atoms with Gasteiger partial charge in [-0.05, 0) is 18.2 Å². The van der Waals surface area contributed by atoms with Crippen molar-refractivity contribution in [2.45, 2.75) is 0 Å². The van der Waals surface area contributed by atoms with Crippen LogP contribution in [0.1, 0.15) is 20.2 Å². The van der Waals surface area contributed by atoms with Crippen molar-refractivity contribution in [2.75, 3.05) is 0 Å². The van der Waals surface area contributed by atoms with Crippen LogP contribution in [0, 0.1) is 10.1 Å². The summed E-state index contributed by atoms with van der Waals surface area (Å²) in [6.45, 7) is 0. The van der Waals surface area contributed by atoms with Gasteiger partial charge in [0.1, 0.15) is 9.88 Å². The summed E-state index contributed by atoms with van der Waals surface area (Å²) in [5.41, 5.74) is 1.51. The van der Waals surface area contributed by atoms with Gasteiger partial charge in [0.25, 0.3) is 5.69 Å². The van der Waals surface area contributed by atoms with E-state index in [1.54, 1.807) is 42.5 Å². The Bertz CT molecular complexity index is 964. The van der Waals surface area contributed by atoms with Gasteiger partial charge in [-0.15, -0.1) is 11.3 Å². The van der Waals surface area contributed by atoms with Gasteiger partial charge in [0.2, 0.25) is 0 Å². The largest absolute Gasteiger partial charge is 0.477 e. The monoisotopic (exact) mass is 352 g/mol. The Balaban J connectivity index is 2.00. The highest BCUT2D eigenvalue weighted by molar-refractivity contribution is 7.15. The normalized spacial score (nSPS) is 10.9. The number of carbonyl (C=O) groups is 1. The molecule has 0 spiro atoms. The third kappa shape index (κ3) is 3.61. The summed E-state index contributed by atoms with van der Waals surface area (Å²) >= 11 is 1.03. The topological polar surface area (TPSA) is 93.3 Å². The summed E-state index contributed by atoms with van der Waals surface area (Å²) in [5, 5.41) is 20.9. The second-order valence-corrected chi connectivity index (χ2v) is 6.08. The van der Waals surface area contributed by atoms with Crippen LogP contribution in [0.2, 0.25) is 0 Å². The van der Waals surface area contributed by atoms with Gasteiger partial charge in [-0.3, -0.25) is 10.1 Å². The summed E-state index contributed by atoms with van der Waals surface area (Å²) in [6.07, 6.45) is 3.16. The van der Waals surface area contributed by atoms with Gasteiger partial charge < -0.3 is 5.11 Å². The number of hydrogen-bond donors (Lipinski definition) is 1. The molecule has 124 valence electrons. The lowest BCUT2D eigenvalue weighted by molar-refractivity contribution is -0.385. The molecule has 0 amide bonds. The molecule has 0 saturated carbocycles. The summed E-state index contributed by atoms with van der Waals surface area (Å²) in [6, 6.07) is 15.4. The minimum Gasteiger partial charge on any atom is -0.477 e. The molecule has 2 aromatic carbocycles. The second kappa shape index (κ2) is 7.06. The number of aromatic carboxylic acids is 1. The number of carboxylic acid groups (broad SMARTS) is 1. The molecular formula is C18H12N2O4S. The molecule has 25 heavy (non-hydrogen) atoms. The van der Waals surface area contributed by atoms with Crippen molar-refractivity contribution >= 4 is 35.1 Å². The number of aromatic nitrogens is 1. The molecule has 0 aliphatic heterocycles. The van der Waals surface area contributed by atoms with E-state index in [0.29, 0.717) is 21.8 Å².